The normalized spacial score (nSPS) is 30.3. The molecule has 0 unspecified atom stereocenters. The third-order valence-corrected chi connectivity index (χ3v) is 5.34. The molecule has 1 saturated carbocycles. The molecule has 1 aliphatic carbocycles. The van der Waals surface area contributed by atoms with E-state index in [9.17, 15) is 4.79 Å². The van der Waals surface area contributed by atoms with Crippen molar-refractivity contribution in [2.75, 3.05) is 19.6 Å². The Morgan fingerprint density at radius 3 is 2.78 bits per heavy atom. The van der Waals surface area contributed by atoms with E-state index >= 15 is 0 Å². The van der Waals surface area contributed by atoms with E-state index in [1.54, 1.807) is 0 Å². The summed E-state index contributed by atoms with van der Waals surface area (Å²) in [6.07, 6.45) is 4.58. The number of hydrogen-bond acceptors (Lipinski definition) is 3. The molecule has 3 fully saturated rings. The second kappa shape index (κ2) is 6.62. The summed E-state index contributed by atoms with van der Waals surface area (Å²) in [7, 11) is 0. The Morgan fingerprint density at radius 1 is 1.22 bits per heavy atom. The monoisotopic (exact) mass is 314 g/mol. The van der Waals surface area contributed by atoms with Crippen molar-refractivity contribution in [1.29, 1.82) is 0 Å². The van der Waals surface area contributed by atoms with Crippen molar-refractivity contribution >= 4 is 5.91 Å². The maximum Gasteiger partial charge on any atom is 0.222 e. The lowest BCUT2D eigenvalue weighted by molar-refractivity contribution is -0.123. The molecule has 0 spiro atoms. The third-order valence-electron chi connectivity index (χ3n) is 5.34. The van der Waals surface area contributed by atoms with Crippen LogP contribution in [-0.4, -0.2) is 42.6 Å². The van der Waals surface area contributed by atoms with Gasteiger partial charge in [0.05, 0.1) is 18.6 Å². The summed E-state index contributed by atoms with van der Waals surface area (Å²) in [5, 5.41) is 3.05. The summed E-state index contributed by atoms with van der Waals surface area (Å²) in [5.74, 6) is 1.51. The highest BCUT2D eigenvalue weighted by Crippen LogP contribution is 2.35. The molecule has 4 heteroatoms. The lowest BCUT2D eigenvalue weighted by atomic mass is 10.0. The van der Waals surface area contributed by atoms with Gasteiger partial charge in [-0.05, 0) is 30.7 Å². The maximum absolute atomic E-state index is 12.0. The molecule has 3 aliphatic rings. The van der Waals surface area contributed by atoms with Crippen LogP contribution in [0.4, 0.5) is 0 Å². The average molecular weight is 314 g/mol. The van der Waals surface area contributed by atoms with Gasteiger partial charge in [-0.1, -0.05) is 30.3 Å². The number of ether oxygens (including phenoxy) is 1. The van der Waals surface area contributed by atoms with Crippen LogP contribution in [0.2, 0.25) is 0 Å². The summed E-state index contributed by atoms with van der Waals surface area (Å²) in [6, 6.07) is 10.6. The van der Waals surface area contributed by atoms with Gasteiger partial charge in [-0.3, -0.25) is 9.69 Å². The Balaban J connectivity index is 1.21. The van der Waals surface area contributed by atoms with E-state index in [4.69, 9.17) is 4.74 Å². The molecule has 0 bridgehead atoms. The first kappa shape index (κ1) is 15.2. The molecule has 2 saturated heterocycles. The number of nitrogens with zero attached hydrogens (tertiary/aromatic N) is 1. The molecular formula is C19H26N2O2. The van der Waals surface area contributed by atoms with Gasteiger partial charge in [0.15, 0.2) is 0 Å². The molecule has 4 rings (SSSR count). The second-order valence-corrected chi connectivity index (χ2v) is 7.42. The first-order valence-electron chi connectivity index (χ1n) is 8.94. The number of rotatable bonds is 6. The van der Waals surface area contributed by atoms with Gasteiger partial charge in [0.2, 0.25) is 5.91 Å². The second-order valence-electron chi connectivity index (χ2n) is 7.42. The number of hydrogen-bond donors (Lipinski definition) is 1. The number of likely N-dealkylation sites (tertiary alicyclic amines) is 1. The summed E-state index contributed by atoms with van der Waals surface area (Å²) < 4.78 is 6.14. The van der Waals surface area contributed by atoms with Crippen LogP contribution in [0.3, 0.4) is 0 Å². The molecule has 2 heterocycles. The maximum atomic E-state index is 12.0. The van der Waals surface area contributed by atoms with Crippen LogP contribution in [0.25, 0.3) is 0 Å². The molecule has 2 aliphatic heterocycles. The van der Waals surface area contributed by atoms with Crippen LogP contribution < -0.4 is 5.32 Å². The number of nitrogens with one attached hydrogen (secondary N) is 1. The fourth-order valence-electron chi connectivity index (χ4n) is 3.91. The summed E-state index contributed by atoms with van der Waals surface area (Å²) in [4.78, 5) is 14.4. The standard InChI is InChI=1S/C19H26N2O2/c22-19(20-10-14-6-7-14)9-17-8-16-12-21(13-18(16)23-17)11-15-4-2-1-3-5-15/h1-5,14,16-18H,6-13H2,(H,20,22)/t16-,17+,18+/m1/s1. The van der Waals surface area contributed by atoms with E-state index in [0.717, 1.165) is 38.5 Å². The Bertz CT molecular complexity index is 530. The molecule has 0 aromatic heterocycles. The van der Waals surface area contributed by atoms with Crippen molar-refractivity contribution in [3.63, 3.8) is 0 Å². The van der Waals surface area contributed by atoms with Crippen LogP contribution in [0.15, 0.2) is 30.3 Å². The number of benzene rings is 1. The molecule has 1 amide bonds. The van der Waals surface area contributed by atoms with E-state index in [0.29, 0.717) is 18.4 Å². The highest BCUT2D eigenvalue weighted by molar-refractivity contribution is 5.76. The van der Waals surface area contributed by atoms with E-state index in [-0.39, 0.29) is 12.0 Å². The molecule has 0 radical (unpaired) electrons. The Hall–Kier alpha value is -1.39. The van der Waals surface area contributed by atoms with E-state index < -0.39 is 0 Å². The first-order chi connectivity index (χ1) is 11.3. The molecule has 124 valence electrons. The summed E-state index contributed by atoms with van der Waals surface area (Å²) in [5.41, 5.74) is 1.36. The minimum atomic E-state index is 0.128. The fourth-order valence-corrected chi connectivity index (χ4v) is 3.91. The Morgan fingerprint density at radius 2 is 2.04 bits per heavy atom. The van der Waals surface area contributed by atoms with Gasteiger partial charge in [-0.15, -0.1) is 0 Å². The van der Waals surface area contributed by atoms with Crippen LogP contribution in [0, 0.1) is 11.8 Å². The Labute approximate surface area is 138 Å². The SMILES string of the molecule is O=C(C[C@@H]1C[C@@H]2CN(Cc3ccccc3)C[C@@H]2O1)NCC1CC1. The molecule has 1 aromatic rings. The third kappa shape index (κ3) is 3.93. The highest BCUT2D eigenvalue weighted by Gasteiger charge is 2.42. The van der Waals surface area contributed by atoms with Gasteiger partial charge in [0, 0.05) is 32.1 Å². The van der Waals surface area contributed by atoms with Gasteiger partial charge >= 0.3 is 0 Å². The topological polar surface area (TPSA) is 41.6 Å². The zero-order valence-corrected chi connectivity index (χ0v) is 13.6. The molecule has 23 heavy (non-hydrogen) atoms. The minimum absolute atomic E-state index is 0.128. The van der Waals surface area contributed by atoms with E-state index in [2.05, 4.69) is 40.5 Å². The van der Waals surface area contributed by atoms with Crippen LogP contribution >= 0.6 is 0 Å². The molecule has 4 nitrogen and oxygen atoms in total. The van der Waals surface area contributed by atoms with Crippen molar-refractivity contribution in [3.8, 4) is 0 Å². The van der Waals surface area contributed by atoms with Gasteiger partial charge in [-0.2, -0.15) is 0 Å². The van der Waals surface area contributed by atoms with Crippen LogP contribution in [0.1, 0.15) is 31.2 Å². The van der Waals surface area contributed by atoms with Crippen molar-refractivity contribution < 1.29 is 9.53 Å². The number of carbonyl (C=O) groups is 1. The molecule has 3 atom stereocenters. The van der Waals surface area contributed by atoms with Crippen molar-refractivity contribution in [1.82, 2.24) is 10.2 Å². The molecular weight excluding hydrogens is 288 g/mol. The van der Waals surface area contributed by atoms with E-state index in [1.165, 1.54) is 18.4 Å². The van der Waals surface area contributed by atoms with Gasteiger partial charge < -0.3 is 10.1 Å². The average Bonchev–Trinajstić information content (AvgIpc) is 3.20. The predicted molar refractivity (Wildman–Crippen MR) is 88.8 cm³/mol. The first-order valence-corrected chi connectivity index (χ1v) is 8.94. The largest absolute Gasteiger partial charge is 0.373 e. The quantitative estimate of drug-likeness (QED) is 0.875. The van der Waals surface area contributed by atoms with Crippen molar-refractivity contribution in [2.45, 2.75) is 44.4 Å². The smallest absolute Gasteiger partial charge is 0.222 e. The van der Waals surface area contributed by atoms with Crippen molar-refractivity contribution in [2.24, 2.45) is 11.8 Å². The van der Waals surface area contributed by atoms with Crippen LogP contribution in [0.5, 0.6) is 0 Å². The number of carbonyl (C=O) groups excluding carboxylic acids is 1. The summed E-state index contributed by atoms with van der Waals surface area (Å²) >= 11 is 0. The van der Waals surface area contributed by atoms with Crippen molar-refractivity contribution in [3.05, 3.63) is 35.9 Å². The zero-order valence-electron chi connectivity index (χ0n) is 13.6. The van der Waals surface area contributed by atoms with Gasteiger partial charge in [-0.25, -0.2) is 0 Å². The van der Waals surface area contributed by atoms with Gasteiger partial charge in [0.1, 0.15) is 0 Å². The number of fused-ring (bicyclic) bond motifs is 1. The minimum Gasteiger partial charge on any atom is -0.373 e. The Kier molecular flexibility index (Phi) is 4.36. The summed E-state index contributed by atoms with van der Waals surface area (Å²) in [6.45, 7) is 3.96. The zero-order chi connectivity index (χ0) is 15.6. The van der Waals surface area contributed by atoms with Crippen LogP contribution in [-0.2, 0) is 16.1 Å². The van der Waals surface area contributed by atoms with Gasteiger partial charge in [0.25, 0.3) is 0 Å². The lowest BCUT2D eigenvalue weighted by Gasteiger charge is -2.19. The molecule has 1 aromatic carbocycles. The number of amides is 1. The molecule has 1 N–H and O–H groups in total. The fraction of sp³-hybridized carbons (Fsp3) is 0.632. The highest BCUT2D eigenvalue weighted by atomic mass is 16.5. The predicted octanol–water partition coefficient (Wildman–Crippen LogP) is 2.19. The lowest BCUT2D eigenvalue weighted by Crippen LogP contribution is -2.30. The van der Waals surface area contributed by atoms with E-state index in [1.807, 2.05) is 0 Å².